The molecule has 0 unspecified atom stereocenters. The maximum absolute atomic E-state index is 12.6. The van der Waals surface area contributed by atoms with E-state index in [1.807, 2.05) is 38.1 Å². The van der Waals surface area contributed by atoms with Gasteiger partial charge in [-0.05, 0) is 68.3 Å². The smallest absolute Gasteiger partial charge is 0.261 e. The molecule has 3 aromatic carbocycles. The zero-order valence-corrected chi connectivity index (χ0v) is 18.6. The molecule has 0 heterocycles. The Bertz CT molecular complexity index is 1160. The largest absolute Gasteiger partial charge is 0.491 e. The lowest BCUT2D eigenvalue weighted by Gasteiger charge is -2.17. The van der Waals surface area contributed by atoms with Gasteiger partial charge in [-0.2, -0.15) is 0 Å². The maximum Gasteiger partial charge on any atom is 0.261 e. The second-order valence-electron chi connectivity index (χ2n) is 7.40. The normalized spacial score (nSPS) is 12.1. The van der Waals surface area contributed by atoms with Gasteiger partial charge in [0.05, 0.1) is 16.6 Å². The lowest BCUT2D eigenvalue weighted by Crippen LogP contribution is -2.36. The fourth-order valence-electron chi connectivity index (χ4n) is 3.00. The molecule has 0 aliphatic heterocycles. The Kier molecular flexibility index (Phi) is 6.97. The average molecular weight is 439 g/mol. The summed E-state index contributed by atoms with van der Waals surface area (Å²) < 4.78 is 33.4. The van der Waals surface area contributed by atoms with E-state index in [4.69, 9.17) is 4.74 Å². The molecule has 7 heteroatoms. The van der Waals surface area contributed by atoms with E-state index in [1.165, 1.54) is 12.1 Å². The van der Waals surface area contributed by atoms with Crippen molar-refractivity contribution in [1.82, 2.24) is 5.32 Å². The molecule has 0 radical (unpaired) electrons. The van der Waals surface area contributed by atoms with Gasteiger partial charge in [-0.25, -0.2) is 8.42 Å². The first-order valence-electron chi connectivity index (χ1n) is 9.94. The first kappa shape index (κ1) is 22.4. The summed E-state index contributed by atoms with van der Waals surface area (Å²) >= 11 is 0. The predicted octanol–water partition coefficient (Wildman–Crippen LogP) is 4.30. The van der Waals surface area contributed by atoms with Gasteiger partial charge < -0.3 is 10.1 Å². The van der Waals surface area contributed by atoms with E-state index in [1.54, 1.807) is 43.3 Å². The third-order valence-electron chi connectivity index (χ3n) is 4.75. The number of amides is 1. The number of anilines is 1. The molecule has 0 spiro atoms. The van der Waals surface area contributed by atoms with Gasteiger partial charge in [0, 0.05) is 5.56 Å². The minimum atomic E-state index is -3.69. The Morgan fingerprint density at radius 3 is 2.29 bits per heavy atom. The molecule has 0 saturated heterocycles. The molecule has 0 aromatic heterocycles. The first-order chi connectivity index (χ1) is 14.8. The molecule has 0 saturated carbocycles. The summed E-state index contributed by atoms with van der Waals surface area (Å²) in [6.07, 6.45) is 0. The molecule has 162 valence electrons. The summed E-state index contributed by atoms with van der Waals surface area (Å²) in [5.74, 6) is 0.538. The number of carbonyl (C=O) groups is 1. The summed E-state index contributed by atoms with van der Waals surface area (Å²) in [6, 6.07) is 20.5. The fraction of sp³-hybridized carbons (Fsp3) is 0.208. The Morgan fingerprint density at radius 2 is 1.61 bits per heavy atom. The summed E-state index contributed by atoms with van der Waals surface area (Å²) in [5, 5.41) is 2.90. The van der Waals surface area contributed by atoms with E-state index in [2.05, 4.69) is 10.0 Å². The highest BCUT2D eigenvalue weighted by molar-refractivity contribution is 7.92. The van der Waals surface area contributed by atoms with Gasteiger partial charge in [0.25, 0.3) is 15.9 Å². The highest BCUT2D eigenvalue weighted by Gasteiger charge is 2.16. The average Bonchev–Trinajstić information content (AvgIpc) is 2.75. The monoisotopic (exact) mass is 438 g/mol. The van der Waals surface area contributed by atoms with Gasteiger partial charge in [-0.1, -0.05) is 36.4 Å². The zero-order chi connectivity index (χ0) is 22.4. The number of aryl methyl sites for hydroxylation is 2. The van der Waals surface area contributed by atoms with Gasteiger partial charge in [0.2, 0.25) is 0 Å². The van der Waals surface area contributed by atoms with Crippen LogP contribution in [0.4, 0.5) is 5.69 Å². The Balaban J connectivity index is 1.62. The summed E-state index contributed by atoms with van der Waals surface area (Å²) in [5.41, 5.74) is 2.56. The van der Waals surface area contributed by atoms with Crippen LogP contribution < -0.4 is 14.8 Å². The molecule has 0 aliphatic carbocycles. The highest BCUT2D eigenvalue weighted by Crippen LogP contribution is 2.21. The number of ether oxygens (including phenoxy) is 1. The van der Waals surface area contributed by atoms with E-state index in [-0.39, 0.29) is 16.8 Å². The van der Waals surface area contributed by atoms with Gasteiger partial charge in [-0.3, -0.25) is 9.52 Å². The Labute approximate surface area is 183 Å². The number of hydrogen-bond acceptors (Lipinski definition) is 4. The fourth-order valence-corrected chi connectivity index (χ4v) is 4.16. The van der Waals surface area contributed by atoms with Crippen molar-refractivity contribution in [2.75, 3.05) is 11.3 Å². The van der Waals surface area contributed by atoms with Crippen molar-refractivity contribution in [3.63, 3.8) is 0 Å². The maximum atomic E-state index is 12.6. The standard InChI is InChI=1S/C24H26N2O4S/c1-17-9-7-8-12-23(17)30-16-19(3)25-24(27)20-13-14-22(18(2)15-20)26-31(28,29)21-10-5-4-6-11-21/h4-15,19,26H,16H2,1-3H3,(H,25,27)/t19-/m0/s1. The lowest BCUT2D eigenvalue weighted by atomic mass is 10.1. The van der Waals surface area contributed by atoms with Gasteiger partial charge in [0.1, 0.15) is 12.4 Å². The van der Waals surface area contributed by atoms with Crippen molar-refractivity contribution in [3.8, 4) is 5.75 Å². The van der Waals surface area contributed by atoms with Crippen LogP contribution in [0.3, 0.4) is 0 Å². The minimum Gasteiger partial charge on any atom is -0.491 e. The van der Waals surface area contributed by atoms with Gasteiger partial charge in [0.15, 0.2) is 0 Å². The number of hydrogen-bond donors (Lipinski definition) is 2. The molecule has 0 aliphatic rings. The lowest BCUT2D eigenvalue weighted by molar-refractivity contribution is 0.0926. The molecular formula is C24H26N2O4S. The van der Waals surface area contributed by atoms with Crippen molar-refractivity contribution in [2.24, 2.45) is 0 Å². The topological polar surface area (TPSA) is 84.5 Å². The zero-order valence-electron chi connectivity index (χ0n) is 17.8. The van der Waals surface area contributed by atoms with Crippen LogP contribution in [0.25, 0.3) is 0 Å². The highest BCUT2D eigenvalue weighted by atomic mass is 32.2. The molecule has 0 bridgehead atoms. The van der Waals surface area contributed by atoms with Crippen LogP contribution in [-0.4, -0.2) is 27.0 Å². The molecule has 1 atom stereocenters. The number of nitrogens with one attached hydrogen (secondary N) is 2. The van der Waals surface area contributed by atoms with Crippen molar-refractivity contribution in [1.29, 1.82) is 0 Å². The Morgan fingerprint density at radius 1 is 0.935 bits per heavy atom. The third kappa shape index (κ3) is 5.86. The van der Waals surface area contributed by atoms with E-state index in [9.17, 15) is 13.2 Å². The molecule has 1 amide bonds. The Hall–Kier alpha value is -3.32. The molecule has 3 rings (SSSR count). The second-order valence-corrected chi connectivity index (χ2v) is 9.08. The van der Waals surface area contributed by atoms with Crippen molar-refractivity contribution in [3.05, 3.63) is 89.5 Å². The molecular weight excluding hydrogens is 412 g/mol. The quantitative estimate of drug-likeness (QED) is 0.549. The van der Waals surface area contributed by atoms with Crippen LogP contribution in [0.2, 0.25) is 0 Å². The summed E-state index contributed by atoms with van der Waals surface area (Å²) in [7, 11) is -3.69. The molecule has 3 aromatic rings. The summed E-state index contributed by atoms with van der Waals surface area (Å²) in [4.78, 5) is 12.8. The van der Waals surface area contributed by atoms with E-state index in [0.717, 1.165) is 11.3 Å². The van der Waals surface area contributed by atoms with Gasteiger partial charge >= 0.3 is 0 Å². The second kappa shape index (κ2) is 9.66. The first-order valence-corrected chi connectivity index (χ1v) is 11.4. The number of benzene rings is 3. The molecule has 31 heavy (non-hydrogen) atoms. The van der Waals surface area contributed by atoms with Crippen LogP contribution in [-0.2, 0) is 10.0 Å². The molecule has 6 nitrogen and oxygen atoms in total. The number of sulfonamides is 1. The van der Waals surface area contributed by atoms with Crippen LogP contribution >= 0.6 is 0 Å². The van der Waals surface area contributed by atoms with Crippen LogP contribution in [0.15, 0.2) is 77.7 Å². The van der Waals surface area contributed by atoms with Crippen LogP contribution in [0, 0.1) is 13.8 Å². The van der Waals surface area contributed by atoms with Gasteiger partial charge in [-0.15, -0.1) is 0 Å². The SMILES string of the molecule is Cc1cc(C(=O)N[C@@H](C)COc2ccccc2C)ccc1NS(=O)(=O)c1ccccc1. The van der Waals surface area contributed by atoms with Crippen molar-refractivity contribution >= 4 is 21.6 Å². The number of rotatable bonds is 8. The summed E-state index contributed by atoms with van der Waals surface area (Å²) in [6.45, 7) is 5.93. The molecule has 0 fully saturated rings. The van der Waals surface area contributed by atoms with Crippen LogP contribution in [0.1, 0.15) is 28.4 Å². The van der Waals surface area contributed by atoms with E-state index < -0.39 is 10.0 Å². The molecule has 2 N–H and O–H groups in total. The van der Waals surface area contributed by atoms with Crippen molar-refractivity contribution < 1.29 is 17.9 Å². The third-order valence-corrected chi connectivity index (χ3v) is 6.13. The van der Waals surface area contributed by atoms with Crippen molar-refractivity contribution in [2.45, 2.75) is 31.7 Å². The van der Waals surface area contributed by atoms with E-state index in [0.29, 0.717) is 23.4 Å². The van der Waals surface area contributed by atoms with E-state index >= 15 is 0 Å². The minimum absolute atomic E-state index is 0.179. The number of para-hydroxylation sites is 1. The predicted molar refractivity (Wildman–Crippen MR) is 122 cm³/mol. The number of carbonyl (C=O) groups excluding carboxylic acids is 1. The van der Waals surface area contributed by atoms with Crippen LogP contribution in [0.5, 0.6) is 5.75 Å².